The number of aliphatic hydroxyl groups excluding tert-OH is 1. The van der Waals surface area contributed by atoms with Gasteiger partial charge in [0.05, 0.1) is 23.6 Å². The van der Waals surface area contributed by atoms with Crippen LogP contribution in [0.4, 0.5) is 5.69 Å². The second-order valence-corrected chi connectivity index (χ2v) is 6.55. The van der Waals surface area contributed by atoms with Gasteiger partial charge in [0.25, 0.3) is 5.91 Å². The first-order valence-corrected chi connectivity index (χ1v) is 9.10. The topological polar surface area (TPSA) is 146 Å². The molecule has 0 fully saturated rings. The molecule has 10 nitrogen and oxygen atoms in total. The largest absolute Gasteiger partial charge is 0.506 e. The zero-order valence-corrected chi connectivity index (χ0v) is 17.3. The number of ether oxygens (including phenoxy) is 2. The average Bonchev–Trinajstić information content (AvgIpc) is 2.75. The lowest BCUT2D eigenvalue weighted by atomic mass is 10.1. The van der Waals surface area contributed by atoms with Gasteiger partial charge in [-0.3, -0.25) is 14.9 Å². The molecule has 11 heteroatoms. The molecule has 0 aliphatic heterocycles. The standard InChI is InChI=1S/C20H18ClN3O7/c1-23(7-8-31-16-6-4-3-5-14(16)21)20(27)13(11-22)18(25)12-9-15(24(28)29)19(26)17(10-12)30-2/h3-6,9-10,25-26H,7-8H2,1-2H3/b18-13-. The van der Waals surface area contributed by atoms with Crippen molar-refractivity contribution >= 4 is 29.0 Å². The molecule has 0 heterocycles. The number of aliphatic hydroxyl groups is 1. The molecule has 2 aromatic rings. The minimum absolute atomic E-state index is 0.0571. The van der Waals surface area contributed by atoms with Crippen LogP contribution in [0.3, 0.4) is 0 Å². The Morgan fingerprint density at radius 1 is 1.32 bits per heavy atom. The molecule has 2 rings (SSSR count). The van der Waals surface area contributed by atoms with Crippen molar-refractivity contribution in [2.24, 2.45) is 0 Å². The summed E-state index contributed by atoms with van der Waals surface area (Å²) in [4.78, 5) is 24.0. The number of halogens is 1. The quantitative estimate of drug-likeness (QED) is 0.206. The van der Waals surface area contributed by atoms with Crippen molar-refractivity contribution in [2.75, 3.05) is 27.3 Å². The maximum atomic E-state index is 12.6. The number of nitrogens with zero attached hydrogens (tertiary/aromatic N) is 3. The van der Waals surface area contributed by atoms with Crippen molar-refractivity contribution in [1.29, 1.82) is 5.26 Å². The molecule has 0 aliphatic rings. The first-order valence-electron chi connectivity index (χ1n) is 8.73. The smallest absolute Gasteiger partial charge is 0.315 e. The summed E-state index contributed by atoms with van der Waals surface area (Å²) in [6, 6.07) is 10.3. The van der Waals surface area contributed by atoms with Gasteiger partial charge in [0.15, 0.2) is 11.3 Å². The zero-order chi connectivity index (χ0) is 23.1. The number of carbonyl (C=O) groups excluding carboxylic acids is 1. The van der Waals surface area contributed by atoms with Crippen molar-refractivity contribution in [3.63, 3.8) is 0 Å². The van der Waals surface area contributed by atoms with Crippen LogP contribution in [0.1, 0.15) is 5.56 Å². The van der Waals surface area contributed by atoms with Gasteiger partial charge in [0.2, 0.25) is 5.75 Å². The molecule has 0 spiro atoms. The molecule has 0 radical (unpaired) electrons. The molecular weight excluding hydrogens is 430 g/mol. The summed E-state index contributed by atoms with van der Waals surface area (Å²) >= 11 is 5.99. The SMILES string of the molecule is COc1cc(/C(O)=C(\C#N)C(=O)N(C)CCOc2ccccc2Cl)cc([N+](=O)[O-])c1O. The van der Waals surface area contributed by atoms with E-state index in [2.05, 4.69) is 0 Å². The number of hydrogen-bond acceptors (Lipinski definition) is 8. The van der Waals surface area contributed by atoms with Gasteiger partial charge in [-0.25, -0.2) is 0 Å². The number of phenols is 1. The monoisotopic (exact) mass is 447 g/mol. The van der Waals surface area contributed by atoms with E-state index in [4.69, 9.17) is 21.1 Å². The lowest BCUT2D eigenvalue weighted by molar-refractivity contribution is -0.386. The van der Waals surface area contributed by atoms with Gasteiger partial charge < -0.3 is 24.6 Å². The van der Waals surface area contributed by atoms with Gasteiger partial charge in [-0.1, -0.05) is 23.7 Å². The summed E-state index contributed by atoms with van der Waals surface area (Å²) in [7, 11) is 2.55. The Bertz CT molecular complexity index is 1080. The number of para-hydroxylation sites is 1. The fourth-order valence-corrected chi connectivity index (χ4v) is 2.71. The van der Waals surface area contributed by atoms with E-state index >= 15 is 0 Å². The number of phenolic OH excluding ortho intramolecular Hbond substituents is 1. The van der Waals surface area contributed by atoms with Crippen LogP contribution < -0.4 is 9.47 Å². The van der Waals surface area contributed by atoms with Gasteiger partial charge in [0.1, 0.15) is 24.2 Å². The number of hydrogen-bond donors (Lipinski definition) is 2. The van der Waals surface area contributed by atoms with Crippen molar-refractivity contribution < 1.29 is 29.4 Å². The highest BCUT2D eigenvalue weighted by atomic mass is 35.5. The molecular formula is C20H18ClN3O7. The number of nitriles is 1. The van der Waals surface area contributed by atoms with E-state index in [1.54, 1.807) is 30.3 Å². The number of rotatable bonds is 8. The van der Waals surface area contributed by atoms with Gasteiger partial charge in [0, 0.05) is 18.7 Å². The molecule has 31 heavy (non-hydrogen) atoms. The first-order chi connectivity index (χ1) is 14.7. The number of benzene rings is 2. The van der Waals surface area contributed by atoms with Crippen LogP contribution in [0.5, 0.6) is 17.2 Å². The van der Waals surface area contributed by atoms with Crippen molar-refractivity contribution in [3.05, 3.63) is 62.7 Å². The Morgan fingerprint density at radius 2 is 2.00 bits per heavy atom. The number of aromatic hydroxyl groups is 1. The molecule has 0 aromatic heterocycles. The third-order valence-electron chi connectivity index (χ3n) is 4.17. The second kappa shape index (κ2) is 10.2. The van der Waals surface area contributed by atoms with E-state index in [1.807, 2.05) is 0 Å². The minimum atomic E-state index is -0.888. The van der Waals surface area contributed by atoms with E-state index in [0.717, 1.165) is 24.1 Å². The number of nitro benzene ring substituents is 1. The predicted octanol–water partition coefficient (Wildman–Crippen LogP) is 3.29. The van der Waals surface area contributed by atoms with Crippen LogP contribution in [0.2, 0.25) is 5.02 Å². The summed E-state index contributed by atoms with van der Waals surface area (Å²) in [6.07, 6.45) is 0. The number of nitro groups is 1. The lowest BCUT2D eigenvalue weighted by Crippen LogP contribution is -2.32. The number of methoxy groups -OCH3 is 1. The first kappa shape index (κ1) is 23.3. The van der Waals surface area contributed by atoms with Crippen LogP contribution >= 0.6 is 11.6 Å². The fourth-order valence-electron chi connectivity index (χ4n) is 2.52. The summed E-state index contributed by atoms with van der Waals surface area (Å²) in [5, 5.41) is 41.2. The minimum Gasteiger partial charge on any atom is -0.506 e. The normalized spacial score (nSPS) is 11.2. The maximum Gasteiger partial charge on any atom is 0.315 e. The lowest BCUT2D eigenvalue weighted by Gasteiger charge is -2.18. The van der Waals surface area contributed by atoms with Crippen LogP contribution in [0, 0.1) is 21.4 Å². The molecule has 0 atom stereocenters. The number of carbonyl (C=O) groups is 1. The van der Waals surface area contributed by atoms with Gasteiger partial charge >= 0.3 is 5.69 Å². The van der Waals surface area contributed by atoms with Crippen LogP contribution in [0.25, 0.3) is 5.76 Å². The Morgan fingerprint density at radius 3 is 2.58 bits per heavy atom. The molecule has 2 N–H and O–H groups in total. The van der Waals surface area contributed by atoms with Crippen LogP contribution in [-0.4, -0.2) is 53.3 Å². The van der Waals surface area contributed by atoms with Crippen molar-refractivity contribution in [1.82, 2.24) is 4.90 Å². The molecule has 0 saturated carbocycles. The van der Waals surface area contributed by atoms with E-state index < -0.39 is 33.6 Å². The molecule has 0 aliphatic carbocycles. The van der Waals surface area contributed by atoms with Crippen LogP contribution in [0.15, 0.2) is 42.0 Å². The van der Waals surface area contributed by atoms with Gasteiger partial charge in [-0.05, 0) is 18.2 Å². The van der Waals surface area contributed by atoms with Crippen molar-refractivity contribution in [2.45, 2.75) is 0 Å². The molecule has 162 valence electrons. The highest BCUT2D eigenvalue weighted by molar-refractivity contribution is 6.32. The highest BCUT2D eigenvalue weighted by Crippen LogP contribution is 2.38. The predicted molar refractivity (Wildman–Crippen MR) is 111 cm³/mol. The summed E-state index contributed by atoms with van der Waals surface area (Å²) in [5.74, 6) is -2.26. The zero-order valence-electron chi connectivity index (χ0n) is 16.5. The Hall–Kier alpha value is -3.97. The van der Waals surface area contributed by atoms with Crippen LogP contribution in [-0.2, 0) is 4.79 Å². The fraction of sp³-hybridized carbons (Fsp3) is 0.200. The Balaban J connectivity index is 2.25. The maximum absolute atomic E-state index is 12.6. The van der Waals surface area contributed by atoms with Gasteiger partial charge in [-0.15, -0.1) is 0 Å². The van der Waals surface area contributed by atoms with Gasteiger partial charge in [-0.2, -0.15) is 5.26 Å². The molecule has 0 bridgehead atoms. The van der Waals surface area contributed by atoms with E-state index in [1.165, 1.54) is 7.05 Å². The molecule has 0 unspecified atom stereocenters. The average molecular weight is 448 g/mol. The molecule has 1 amide bonds. The number of likely N-dealkylation sites (N-methyl/N-ethyl adjacent to an activating group) is 1. The van der Waals surface area contributed by atoms with Crippen molar-refractivity contribution in [3.8, 4) is 23.3 Å². The molecule has 0 saturated heterocycles. The molecule has 2 aromatic carbocycles. The van der Waals surface area contributed by atoms with E-state index in [9.17, 15) is 30.4 Å². The van der Waals surface area contributed by atoms with E-state index in [-0.39, 0.29) is 24.5 Å². The van der Waals surface area contributed by atoms with E-state index in [0.29, 0.717) is 10.8 Å². The highest BCUT2D eigenvalue weighted by Gasteiger charge is 2.25. The third-order valence-corrected chi connectivity index (χ3v) is 4.49. The summed E-state index contributed by atoms with van der Waals surface area (Å²) in [5.41, 5.74) is -1.65. The second-order valence-electron chi connectivity index (χ2n) is 6.14. The Kier molecular flexibility index (Phi) is 7.65. The summed E-state index contributed by atoms with van der Waals surface area (Å²) < 4.78 is 10.4. The summed E-state index contributed by atoms with van der Waals surface area (Å²) in [6.45, 7) is 0.117. The third kappa shape index (κ3) is 5.34. The Labute approximate surface area is 182 Å². The number of amides is 1.